The van der Waals surface area contributed by atoms with Gasteiger partial charge >= 0.3 is 0 Å². The average Bonchev–Trinajstić information content (AvgIpc) is 2.28. The van der Waals surface area contributed by atoms with E-state index in [9.17, 15) is 8.42 Å². The Labute approximate surface area is 120 Å². The molecule has 4 nitrogen and oxygen atoms in total. The van der Waals surface area contributed by atoms with Crippen molar-refractivity contribution in [2.24, 2.45) is 0 Å². The van der Waals surface area contributed by atoms with Crippen molar-refractivity contribution in [1.29, 1.82) is 0 Å². The standard InChI is InChI=1S/C11H13BrClNO3S/c1-8-7-14(4-5-17-8)18(15,16)11-3-2-9(12)6-10(11)13/h2-3,6,8H,4-5,7H2,1H3/t8-/m0/s1. The van der Waals surface area contributed by atoms with Crippen LogP contribution >= 0.6 is 27.5 Å². The molecule has 1 aromatic carbocycles. The van der Waals surface area contributed by atoms with Gasteiger partial charge in [-0.3, -0.25) is 0 Å². The number of ether oxygens (including phenoxy) is 1. The summed E-state index contributed by atoms with van der Waals surface area (Å²) >= 11 is 9.26. The monoisotopic (exact) mass is 353 g/mol. The number of hydrogen-bond donors (Lipinski definition) is 0. The molecule has 7 heteroatoms. The lowest BCUT2D eigenvalue weighted by atomic mass is 10.3. The van der Waals surface area contributed by atoms with E-state index in [0.29, 0.717) is 19.7 Å². The third kappa shape index (κ3) is 2.88. The van der Waals surface area contributed by atoms with Crippen molar-refractivity contribution in [3.63, 3.8) is 0 Å². The lowest BCUT2D eigenvalue weighted by Crippen LogP contribution is -2.44. The van der Waals surface area contributed by atoms with E-state index in [1.165, 1.54) is 10.4 Å². The Kier molecular flexibility index (Phi) is 4.33. The van der Waals surface area contributed by atoms with Gasteiger partial charge in [-0.15, -0.1) is 0 Å². The van der Waals surface area contributed by atoms with Gasteiger partial charge in [-0.05, 0) is 25.1 Å². The van der Waals surface area contributed by atoms with E-state index >= 15 is 0 Å². The van der Waals surface area contributed by atoms with Crippen LogP contribution in [0.3, 0.4) is 0 Å². The number of hydrogen-bond acceptors (Lipinski definition) is 3. The van der Waals surface area contributed by atoms with Gasteiger partial charge in [-0.2, -0.15) is 4.31 Å². The first-order valence-corrected chi connectivity index (χ1v) is 8.09. The summed E-state index contributed by atoms with van der Waals surface area (Å²) in [7, 11) is -3.54. The van der Waals surface area contributed by atoms with Gasteiger partial charge < -0.3 is 4.74 Å². The van der Waals surface area contributed by atoms with Crippen LogP contribution in [0.15, 0.2) is 27.6 Å². The summed E-state index contributed by atoms with van der Waals surface area (Å²) in [6.07, 6.45) is -0.0947. The molecule has 0 saturated carbocycles. The van der Waals surface area contributed by atoms with Crippen LogP contribution in [0, 0.1) is 0 Å². The lowest BCUT2D eigenvalue weighted by Gasteiger charge is -2.30. The second-order valence-electron chi connectivity index (χ2n) is 4.12. The molecule has 1 aromatic rings. The van der Waals surface area contributed by atoms with Crippen molar-refractivity contribution in [2.75, 3.05) is 19.7 Å². The molecule has 0 bridgehead atoms. The molecule has 0 unspecified atom stereocenters. The zero-order valence-electron chi connectivity index (χ0n) is 9.77. The number of nitrogens with zero attached hydrogens (tertiary/aromatic N) is 1. The van der Waals surface area contributed by atoms with Gasteiger partial charge in [0.15, 0.2) is 0 Å². The largest absolute Gasteiger partial charge is 0.376 e. The van der Waals surface area contributed by atoms with Gasteiger partial charge in [0.2, 0.25) is 10.0 Å². The minimum Gasteiger partial charge on any atom is -0.376 e. The van der Waals surface area contributed by atoms with Gasteiger partial charge in [-0.1, -0.05) is 27.5 Å². The molecule has 0 aromatic heterocycles. The van der Waals surface area contributed by atoms with Crippen molar-refractivity contribution >= 4 is 37.6 Å². The SMILES string of the molecule is C[C@H]1CN(S(=O)(=O)c2ccc(Br)cc2Cl)CCO1. The van der Waals surface area contributed by atoms with E-state index in [4.69, 9.17) is 16.3 Å². The molecule has 18 heavy (non-hydrogen) atoms. The molecule has 2 rings (SSSR count). The van der Waals surface area contributed by atoms with Crippen LogP contribution in [0.4, 0.5) is 0 Å². The Morgan fingerprint density at radius 2 is 2.22 bits per heavy atom. The highest BCUT2D eigenvalue weighted by Gasteiger charge is 2.30. The summed E-state index contributed by atoms with van der Waals surface area (Å²) in [6, 6.07) is 4.77. The van der Waals surface area contributed by atoms with Crippen molar-refractivity contribution in [2.45, 2.75) is 17.9 Å². The van der Waals surface area contributed by atoms with Gasteiger partial charge in [0, 0.05) is 17.6 Å². The maximum atomic E-state index is 12.4. The molecule has 1 aliphatic heterocycles. The summed E-state index contributed by atoms with van der Waals surface area (Å²) in [6.45, 7) is 2.98. The Hall–Kier alpha value is -0.140. The number of rotatable bonds is 2. The fraction of sp³-hybridized carbons (Fsp3) is 0.455. The molecule has 0 amide bonds. The molecule has 1 atom stereocenters. The zero-order valence-corrected chi connectivity index (χ0v) is 12.9. The zero-order chi connectivity index (χ0) is 13.3. The van der Waals surface area contributed by atoms with Gasteiger partial charge in [-0.25, -0.2) is 8.42 Å². The molecule has 0 spiro atoms. The maximum Gasteiger partial charge on any atom is 0.244 e. The van der Waals surface area contributed by atoms with Gasteiger partial charge in [0.05, 0.1) is 17.7 Å². The van der Waals surface area contributed by atoms with Crippen LogP contribution in [0.2, 0.25) is 5.02 Å². The van der Waals surface area contributed by atoms with Crippen LogP contribution in [0.1, 0.15) is 6.92 Å². The fourth-order valence-corrected chi connectivity index (χ4v) is 4.34. The summed E-state index contributed by atoms with van der Waals surface area (Å²) in [5, 5.41) is 0.225. The van der Waals surface area contributed by atoms with E-state index in [-0.39, 0.29) is 16.0 Å². The van der Waals surface area contributed by atoms with Crippen LogP contribution < -0.4 is 0 Å². The quantitative estimate of drug-likeness (QED) is 0.820. The topological polar surface area (TPSA) is 46.6 Å². The molecule has 0 radical (unpaired) electrons. The first-order chi connectivity index (χ1) is 8.41. The van der Waals surface area contributed by atoms with Crippen molar-refractivity contribution in [1.82, 2.24) is 4.31 Å². The van der Waals surface area contributed by atoms with Crippen molar-refractivity contribution in [3.8, 4) is 0 Å². The molecule has 1 saturated heterocycles. The lowest BCUT2D eigenvalue weighted by molar-refractivity contribution is 0.0102. The fourth-order valence-electron chi connectivity index (χ4n) is 1.83. The van der Waals surface area contributed by atoms with Crippen LogP contribution in [-0.4, -0.2) is 38.5 Å². The number of sulfonamides is 1. The minimum absolute atomic E-state index is 0.0947. The van der Waals surface area contributed by atoms with Crippen LogP contribution in [0.5, 0.6) is 0 Å². The second-order valence-corrected chi connectivity index (χ2v) is 7.35. The summed E-state index contributed by atoms with van der Waals surface area (Å²) in [5.74, 6) is 0. The van der Waals surface area contributed by atoms with E-state index in [2.05, 4.69) is 15.9 Å². The highest BCUT2D eigenvalue weighted by molar-refractivity contribution is 9.10. The first-order valence-electron chi connectivity index (χ1n) is 5.48. The van der Waals surface area contributed by atoms with E-state index in [1.807, 2.05) is 6.92 Å². The molecule has 100 valence electrons. The van der Waals surface area contributed by atoms with Crippen molar-refractivity contribution < 1.29 is 13.2 Å². The van der Waals surface area contributed by atoms with Gasteiger partial charge in [0.1, 0.15) is 4.90 Å². The van der Waals surface area contributed by atoms with Crippen molar-refractivity contribution in [3.05, 3.63) is 27.7 Å². The summed E-state index contributed by atoms with van der Waals surface area (Å²) < 4.78 is 32.4. The number of halogens is 2. The Balaban J connectivity index is 2.35. The third-order valence-electron chi connectivity index (χ3n) is 2.72. The highest BCUT2D eigenvalue weighted by Crippen LogP contribution is 2.28. The minimum atomic E-state index is -3.54. The van der Waals surface area contributed by atoms with E-state index < -0.39 is 10.0 Å². The van der Waals surface area contributed by atoms with E-state index in [1.54, 1.807) is 12.1 Å². The predicted octanol–water partition coefficient (Wildman–Crippen LogP) is 2.51. The molecule has 1 fully saturated rings. The van der Waals surface area contributed by atoms with Gasteiger partial charge in [0.25, 0.3) is 0 Å². The molecule has 1 aliphatic rings. The smallest absolute Gasteiger partial charge is 0.244 e. The van der Waals surface area contributed by atoms with Crippen LogP contribution in [-0.2, 0) is 14.8 Å². The second kappa shape index (κ2) is 5.46. The van der Waals surface area contributed by atoms with E-state index in [0.717, 1.165) is 4.47 Å². The predicted molar refractivity (Wildman–Crippen MR) is 73.3 cm³/mol. The Bertz CT molecular complexity index is 549. The summed E-state index contributed by atoms with van der Waals surface area (Å²) in [5.41, 5.74) is 0. The molecule has 1 heterocycles. The normalized spacial score (nSPS) is 22.1. The summed E-state index contributed by atoms with van der Waals surface area (Å²) in [4.78, 5) is 0.140. The number of benzene rings is 1. The number of morpholine rings is 1. The first kappa shape index (κ1) is 14.3. The Morgan fingerprint density at radius 3 is 2.83 bits per heavy atom. The molecule has 0 N–H and O–H groups in total. The molecule has 0 aliphatic carbocycles. The average molecular weight is 355 g/mol. The highest BCUT2D eigenvalue weighted by atomic mass is 79.9. The maximum absolute atomic E-state index is 12.4. The molecular weight excluding hydrogens is 342 g/mol. The molecular formula is C11H13BrClNO3S. The Morgan fingerprint density at radius 1 is 1.50 bits per heavy atom. The third-order valence-corrected chi connectivity index (χ3v) is 5.56. The van der Waals surface area contributed by atoms with Crippen LogP contribution in [0.25, 0.3) is 0 Å².